The lowest BCUT2D eigenvalue weighted by Gasteiger charge is -2.40. The van der Waals surface area contributed by atoms with Crippen molar-refractivity contribution in [2.45, 2.75) is 58.3 Å². The van der Waals surface area contributed by atoms with Crippen LogP contribution in [-0.2, 0) is 16.1 Å². The summed E-state index contributed by atoms with van der Waals surface area (Å²) in [7, 11) is 0. The summed E-state index contributed by atoms with van der Waals surface area (Å²) in [6.07, 6.45) is 1.20. The number of ether oxygens (including phenoxy) is 1. The molecule has 2 rings (SSSR count). The normalized spacial score (nSPS) is 16.6. The second-order valence-electron chi connectivity index (χ2n) is 6.89. The molecular formula is C19H29N3O3. The number of piperidine rings is 1. The van der Waals surface area contributed by atoms with Crippen LogP contribution in [0.4, 0.5) is 4.79 Å². The molecular weight excluding hydrogens is 318 g/mol. The SMILES string of the molecule is CC(N)C(=O)N1CCC(N(C(=O)OCc2ccccc2)C(C)C)CC1. The van der Waals surface area contributed by atoms with Gasteiger partial charge in [0, 0.05) is 25.2 Å². The van der Waals surface area contributed by atoms with Crippen LogP contribution < -0.4 is 5.73 Å². The first kappa shape index (κ1) is 19.2. The van der Waals surface area contributed by atoms with Gasteiger partial charge in [0.25, 0.3) is 0 Å². The first-order chi connectivity index (χ1) is 11.9. The average Bonchev–Trinajstić information content (AvgIpc) is 2.60. The van der Waals surface area contributed by atoms with Crippen molar-refractivity contribution in [3.8, 4) is 0 Å². The number of hydrogen-bond donors (Lipinski definition) is 1. The second kappa shape index (κ2) is 8.85. The Balaban J connectivity index is 1.92. The van der Waals surface area contributed by atoms with Crippen LogP contribution in [0.15, 0.2) is 30.3 Å². The molecule has 138 valence electrons. The summed E-state index contributed by atoms with van der Waals surface area (Å²) < 4.78 is 5.50. The van der Waals surface area contributed by atoms with E-state index in [9.17, 15) is 9.59 Å². The van der Waals surface area contributed by atoms with Crippen LogP contribution in [0.5, 0.6) is 0 Å². The van der Waals surface area contributed by atoms with Crippen molar-refractivity contribution in [2.75, 3.05) is 13.1 Å². The Bertz CT molecular complexity index is 567. The Hall–Kier alpha value is -2.08. The highest BCUT2D eigenvalue weighted by molar-refractivity contribution is 5.81. The monoisotopic (exact) mass is 347 g/mol. The fraction of sp³-hybridized carbons (Fsp3) is 0.579. The molecule has 1 aliphatic heterocycles. The van der Waals surface area contributed by atoms with E-state index in [1.165, 1.54) is 0 Å². The molecule has 6 heteroatoms. The largest absolute Gasteiger partial charge is 0.445 e. The summed E-state index contributed by atoms with van der Waals surface area (Å²) in [6.45, 7) is 7.20. The third kappa shape index (κ3) is 5.19. The van der Waals surface area contributed by atoms with Gasteiger partial charge in [-0.3, -0.25) is 4.79 Å². The first-order valence-corrected chi connectivity index (χ1v) is 8.93. The quantitative estimate of drug-likeness (QED) is 0.887. The van der Waals surface area contributed by atoms with Crippen LogP contribution in [0.2, 0.25) is 0 Å². The zero-order valence-electron chi connectivity index (χ0n) is 15.4. The summed E-state index contributed by atoms with van der Waals surface area (Å²) in [4.78, 5) is 28.2. The third-order valence-corrected chi connectivity index (χ3v) is 4.53. The number of benzene rings is 1. The van der Waals surface area contributed by atoms with Crippen molar-refractivity contribution >= 4 is 12.0 Å². The lowest BCUT2D eigenvalue weighted by molar-refractivity contribution is -0.133. The van der Waals surface area contributed by atoms with E-state index in [0.29, 0.717) is 13.1 Å². The Morgan fingerprint density at radius 2 is 1.80 bits per heavy atom. The van der Waals surface area contributed by atoms with Crippen molar-refractivity contribution in [1.82, 2.24) is 9.80 Å². The molecule has 1 aliphatic rings. The molecule has 25 heavy (non-hydrogen) atoms. The second-order valence-corrected chi connectivity index (χ2v) is 6.89. The minimum Gasteiger partial charge on any atom is -0.445 e. The molecule has 0 spiro atoms. The first-order valence-electron chi connectivity index (χ1n) is 8.93. The van der Waals surface area contributed by atoms with Gasteiger partial charge in [0.05, 0.1) is 6.04 Å². The average molecular weight is 347 g/mol. The van der Waals surface area contributed by atoms with Crippen molar-refractivity contribution in [3.05, 3.63) is 35.9 Å². The molecule has 0 radical (unpaired) electrons. The number of likely N-dealkylation sites (tertiary alicyclic amines) is 1. The molecule has 2 N–H and O–H groups in total. The van der Waals surface area contributed by atoms with E-state index in [1.54, 1.807) is 16.7 Å². The number of carbonyl (C=O) groups is 2. The topological polar surface area (TPSA) is 75.9 Å². The number of carbonyl (C=O) groups excluding carboxylic acids is 2. The summed E-state index contributed by atoms with van der Waals surface area (Å²) in [5.41, 5.74) is 6.65. The predicted molar refractivity (Wildman–Crippen MR) is 96.9 cm³/mol. The molecule has 1 fully saturated rings. The van der Waals surface area contributed by atoms with Crippen LogP contribution in [0, 0.1) is 0 Å². The summed E-state index contributed by atoms with van der Waals surface area (Å²) >= 11 is 0. The highest BCUT2D eigenvalue weighted by Crippen LogP contribution is 2.21. The molecule has 1 atom stereocenters. The van der Waals surface area contributed by atoms with Gasteiger partial charge in [-0.2, -0.15) is 0 Å². The van der Waals surface area contributed by atoms with Gasteiger partial charge in [-0.15, -0.1) is 0 Å². The molecule has 0 bridgehead atoms. The molecule has 1 aromatic carbocycles. The van der Waals surface area contributed by atoms with Crippen LogP contribution >= 0.6 is 0 Å². The molecule has 1 aromatic rings. The van der Waals surface area contributed by atoms with E-state index in [1.807, 2.05) is 44.2 Å². The minimum absolute atomic E-state index is 0.0267. The summed E-state index contributed by atoms with van der Waals surface area (Å²) in [6, 6.07) is 9.31. The van der Waals surface area contributed by atoms with Crippen LogP contribution in [0.25, 0.3) is 0 Å². The lowest BCUT2D eigenvalue weighted by atomic mass is 10.0. The van der Waals surface area contributed by atoms with Gasteiger partial charge in [-0.05, 0) is 39.2 Å². The van der Waals surface area contributed by atoms with Crippen molar-refractivity contribution in [3.63, 3.8) is 0 Å². The highest BCUT2D eigenvalue weighted by Gasteiger charge is 2.32. The van der Waals surface area contributed by atoms with E-state index in [4.69, 9.17) is 10.5 Å². The van der Waals surface area contributed by atoms with Crippen LogP contribution in [0.3, 0.4) is 0 Å². The Kier molecular flexibility index (Phi) is 6.82. The zero-order chi connectivity index (χ0) is 18.4. The van der Waals surface area contributed by atoms with Crippen molar-refractivity contribution < 1.29 is 14.3 Å². The van der Waals surface area contributed by atoms with Gasteiger partial charge in [-0.25, -0.2) is 4.79 Å². The molecule has 1 saturated heterocycles. The fourth-order valence-electron chi connectivity index (χ4n) is 3.23. The summed E-state index contributed by atoms with van der Waals surface area (Å²) in [5.74, 6) is -0.0267. The van der Waals surface area contributed by atoms with Crippen molar-refractivity contribution in [1.29, 1.82) is 0 Å². The van der Waals surface area contributed by atoms with Crippen LogP contribution in [0.1, 0.15) is 39.2 Å². The van der Waals surface area contributed by atoms with Crippen LogP contribution in [-0.4, -0.2) is 53.0 Å². The molecule has 0 saturated carbocycles. The standard InChI is InChI=1S/C19H29N3O3/c1-14(2)22(19(24)25-13-16-7-5-4-6-8-16)17-9-11-21(12-10-17)18(23)15(3)20/h4-8,14-15,17H,9-13,20H2,1-3H3. The Labute approximate surface area is 149 Å². The maximum atomic E-state index is 12.6. The Morgan fingerprint density at radius 3 is 2.32 bits per heavy atom. The molecule has 0 aromatic heterocycles. The highest BCUT2D eigenvalue weighted by atomic mass is 16.6. The number of nitrogens with two attached hydrogens (primary N) is 1. The molecule has 1 unspecified atom stereocenters. The predicted octanol–water partition coefficient (Wildman–Crippen LogP) is 2.37. The number of hydrogen-bond acceptors (Lipinski definition) is 4. The van der Waals surface area contributed by atoms with E-state index < -0.39 is 6.04 Å². The maximum Gasteiger partial charge on any atom is 0.410 e. The fourth-order valence-corrected chi connectivity index (χ4v) is 3.23. The van der Waals surface area contributed by atoms with E-state index in [-0.39, 0.29) is 30.7 Å². The summed E-state index contributed by atoms with van der Waals surface area (Å²) in [5, 5.41) is 0. The molecule has 0 aliphatic carbocycles. The Morgan fingerprint density at radius 1 is 1.20 bits per heavy atom. The van der Waals surface area contributed by atoms with Gasteiger partial charge in [0.15, 0.2) is 0 Å². The van der Waals surface area contributed by atoms with Gasteiger partial charge >= 0.3 is 6.09 Å². The van der Waals surface area contributed by atoms with Gasteiger partial charge in [-0.1, -0.05) is 30.3 Å². The minimum atomic E-state index is -0.478. The van der Waals surface area contributed by atoms with E-state index >= 15 is 0 Å². The third-order valence-electron chi connectivity index (χ3n) is 4.53. The van der Waals surface area contributed by atoms with Crippen molar-refractivity contribution in [2.24, 2.45) is 5.73 Å². The zero-order valence-corrected chi connectivity index (χ0v) is 15.4. The number of nitrogens with zero attached hydrogens (tertiary/aromatic N) is 2. The van der Waals surface area contributed by atoms with Gasteiger partial charge in [0.1, 0.15) is 6.61 Å². The van der Waals surface area contributed by atoms with Gasteiger partial charge < -0.3 is 20.3 Å². The molecule has 1 heterocycles. The smallest absolute Gasteiger partial charge is 0.410 e. The lowest BCUT2D eigenvalue weighted by Crippen LogP contribution is -2.53. The van der Waals surface area contributed by atoms with E-state index in [2.05, 4.69) is 0 Å². The maximum absolute atomic E-state index is 12.6. The van der Waals surface area contributed by atoms with Gasteiger partial charge in [0.2, 0.25) is 5.91 Å². The number of rotatable bonds is 5. The molecule has 6 nitrogen and oxygen atoms in total. The van der Waals surface area contributed by atoms with E-state index in [0.717, 1.165) is 18.4 Å². The number of amides is 2. The molecule has 2 amide bonds.